The molecule has 5 aromatic rings. The fourth-order valence-corrected chi connectivity index (χ4v) is 7.22. The third kappa shape index (κ3) is 7.46. The molecule has 0 saturated carbocycles. The summed E-state index contributed by atoms with van der Waals surface area (Å²) >= 11 is 17.1. The first-order valence-corrected chi connectivity index (χ1v) is 17.8. The summed E-state index contributed by atoms with van der Waals surface area (Å²) < 4.78 is 2.31. The summed E-state index contributed by atoms with van der Waals surface area (Å²) in [7, 11) is 0. The summed E-state index contributed by atoms with van der Waals surface area (Å²) in [4.78, 5) is 0. The van der Waals surface area contributed by atoms with Crippen LogP contribution in [0.3, 0.4) is 0 Å². The van der Waals surface area contributed by atoms with Crippen molar-refractivity contribution in [3.8, 4) is 44.5 Å². The maximum Gasteiger partial charge on any atom is 0.0967 e. The van der Waals surface area contributed by atoms with Gasteiger partial charge in [-0.05, 0) is 200 Å². The van der Waals surface area contributed by atoms with Crippen molar-refractivity contribution in [2.75, 3.05) is 5.34 Å². The van der Waals surface area contributed by atoms with Gasteiger partial charge in [0.05, 0.1) is 5.34 Å². The molecule has 5 rings (SSSR count). The van der Waals surface area contributed by atoms with Crippen LogP contribution in [0.1, 0.15) is 55.6 Å². The van der Waals surface area contributed by atoms with Gasteiger partial charge in [0, 0.05) is 8.95 Å². The maximum atomic E-state index is 4.76. The third-order valence-electron chi connectivity index (χ3n) is 8.89. The van der Waals surface area contributed by atoms with Crippen LogP contribution in [0.15, 0.2) is 69.6 Å². The SMILES string of the molecule is Cc1cc(C)c(-c2cc(-c3cc(-c4cc(-c5cc(Br)c(C)cc5C)c(C)cc4C)c(C)cc3C)c(C)cc2C)cc1Br.ClCCl. The minimum absolute atomic E-state index is 0.194. The van der Waals surface area contributed by atoms with E-state index in [1.54, 1.807) is 0 Å². The van der Waals surface area contributed by atoms with E-state index in [1.165, 1.54) is 100 Å². The van der Waals surface area contributed by atoms with Crippen LogP contribution in [-0.4, -0.2) is 5.34 Å². The van der Waals surface area contributed by atoms with E-state index in [0.717, 1.165) is 8.95 Å². The lowest BCUT2D eigenvalue weighted by atomic mass is 9.84. The Morgan fingerprint density at radius 3 is 0.667 bits per heavy atom. The van der Waals surface area contributed by atoms with Crippen molar-refractivity contribution in [3.63, 3.8) is 0 Å². The van der Waals surface area contributed by atoms with Gasteiger partial charge in [-0.2, -0.15) is 0 Å². The largest absolute Gasteiger partial charge is 0.109 e. The highest BCUT2D eigenvalue weighted by molar-refractivity contribution is 9.10. The molecule has 0 unspecified atom stereocenters. The molecule has 45 heavy (non-hydrogen) atoms. The van der Waals surface area contributed by atoms with Crippen molar-refractivity contribution in [2.24, 2.45) is 0 Å². The Bertz CT molecular complexity index is 1780. The van der Waals surface area contributed by atoms with Crippen molar-refractivity contribution in [1.82, 2.24) is 0 Å². The van der Waals surface area contributed by atoms with E-state index in [0.29, 0.717) is 0 Å². The van der Waals surface area contributed by atoms with Gasteiger partial charge < -0.3 is 0 Å². The van der Waals surface area contributed by atoms with E-state index >= 15 is 0 Å². The second kappa shape index (κ2) is 14.6. The van der Waals surface area contributed by atoms with Gasteiger partial charge in [0.1, 0.15) is 0 Å². The average Bonchev–Trinajstić information content (AvgIpc) is 2.95. The topological polar surface area (TPSA) is 0 Å². The van der Waals surface area contributed by atoms with Crippen LogP contribution in [-0.2, 0) is 0 Å². The molecule has 0 atom stereocenters. The fourth-order valence-electron chi connectivity index (χ4n) is 6.53. The van der Waals surface area contributed by atoms with Crippen molar-refractivity contribution >= 4 is 55.1 Å². The van der Waals surface area contributed by atoms with Gasteiger partial charge in [0.2, 0.25) is 0 Å². The van der Waals surface area contributed by atoms with E-state index in [9.17, 15) is 0 Å². The predicted molar refractivity (Wildman–Crippen MR) is 208 cm³/mol. The Hall–Kier alpha value is -2.36. The van der Waals surface area contributed by atoms with Gasteiger partial charge in [-0.15, -0.1) is 23.2 Å². The Balaban J connectivity index is 0.00000148. The molecule has 0 heterocycles. The van der Waals surface area contributed by atoms with E-state index in [2.05, 4.69) is 162 Å². The summed E-state index contributed by atoms with van der Waals surface area (Å²) in [6.07, 6.45) is 0. The van der Waals surface area contributed by atoms with Crippen LogP contribution < -0.4 is 0 Å². The van der Waals surface area contributed by atoms with Gasteiger partial charge in [-0.1, -0.05) is 62.2 Å². The van der Waals surface area contributed by atoms with Crippen molar-refractivity contribution < 1.29 is 0 Å². The minimum atomic E-state index is 0.194. The van der Waals surface area contributed by atoms with Crippen LogP contribution in [0, 0.1) is 69.2 Å². The molecule has 0 amide bonds. The zero-order valence-corrected chi connectivity index (χ0v) is 32.7. The number of hydrogen-bond acceptors (Lipinski definition) is 0. The molecule has 0 N–H and O–H groups in total. The Labute approximate surface area is 297 Å². The zero-order chi connectivity index (χ0) is 33.3. The number of benzene rings is 5. The molecule has 0 aliphatic rings. The molecule has 0 aromatic heterocycles. The number of aryl methyl sites for hydroxylation is 10. The normalized spacial score (nSPS) is 11.0. The summed E-state index contributed by atoms with van der Waals surface area (Å²) in [6, 6.07) is 23.4. The van der Waals surface area contributed by atoms with Crippen LogP contribution >= 0.6 is 55.1 Å². The molecule has 234 valence electrons. The quantitative estimate of drug-likeness (QED) is 0.160. The Morgan fingerprint density at radius 2 is 0.467 bits per heavy atom. The van der Waals surface area contributed by atoms with Crippen LogP contribution in [0.2, 0.25) is 0 Å². The minimum Gasteiger partial charge on any atom is -0.109 e. The van der Waals surface area contributed by atoms with E-state index < -0.39 is 0 Å². The molecule has 0 aliphatic heterocycles. The van der Waals surface area contributed by atoms with E-state index in [1.807, 2.05) is 0 Å². The summed E-state index contributed by atoms with van der Waals surface area (Å²) in [6.45, 7) is 22.2. The molecule has 4 heteroatoms. The molecule has 0 aliphatic carbocycles. The summed E-state index contributed by atoms with van der Waals surface area (Å²) in [5.74, 6) is 0. The van der Waals surface area contributed by atoms with Crippen LogP contribution in [0.4, 0.5) is 0 Å². The standard InChI is InChI=1S/C40H40Br2.CH2Cl2/c1-21-11-22(2)32(34-18-36(26(6)13-24(34)4)38-20-40(42)30(10)15-28(38)8)16-31(21)33-17-35(25(5)12-23(33)3)37-19-39(41)29(9)14-27(37)7;2-1-3/h11-20H,1-10H3;1H2. The lowest BCUT2D eigenvalue weighted by Crippen LogP contribution is -1.97. The molecule has 0 radical (unpaired) electrons. The first-order valence-electron chi connectivity index (χ1n) is 15.2. The monoisotopic (exact) mass is 762 g/mol. The smallest absolute Gasteiger partial charge is 0.0967 e. The number of halogens is 4. The van der Waals surface area contributed by atoms with Crippen molar-refractivity contribution in [2.45, 2.75) is 69.2 Å². The van der Waals surface area contributed by atoms with Gasteiger partial charge in [-0.3, -0.25) is 0 Å². The highest BCUT2D eigenvalue weighted by atomic mass is 79.9. The fraction of sp³-hybridized carbons (Fsp3) is 0.268. The highest BCUT2D eigenvalue weighted by Gasteiger charge is 2.18. The van der Waals surface area contributed by atoms with Crippen molar-refractivity contribution in [1.29, 1.82) is 0 Å². The third-order valence-corrected chi connectivity index (χ3v) is 10.6. The highest BCUT2D eigenvalue weighted by Crippen LogP contribution is 2.41. The zero-order valence-electron chi connectivity index (χ0n) is 28.0. The first kappa shape index (κ1) is 35.5. The number of rotatable bonds is 4. The van der Waals surface area contributed by atoms with Crippen molar-refractivity contribution in [3.05, 3.63) is 125 Å². The molecule has 0 saturated heterocycles. The molecule has 5 aromatic carbocycles. The lowest BCUT2D eigenvalue weighted by molar-refractivity contribution is 1.31. The number of alkyl halides is 2. The van der Waals surface area contributed by atoms with Crippen LogP contribution in [0.25, 0.3) is 44.5 Å². The maximum absolute atomic E-state index is 4.76. The molecular weight excluding hydrogens is 723 g/mol. The molecule has 0 nitrogen and oxygen atoms in total. The van der Waals surface area contributed by atoms with E-state index in [4.69, 9.17) is 23.2 Å². The molecular formula is C41H42Br2Cl2. The molecule has 0 bridgehead atoms. The second-order valence-corrected chi connectivity index (χ2v) is 14.9. The first-order chi connectivity index (χ1) is 21.2. The second-order valence-electron chi connectivity index (χ2n) is 12.4. The number of hydrogen-bond donors (Lipinski definition) is 0. The van der Waals surface area contributed by atoms with Gasteiger partial charge in [-0.25, -0.2) is 0 Å². The summed E-state index contributed by atoms with van der Waals surface area (Å²) in [5.41, 5.74) is 23.3. The molecule has 0 fully saturated rings. The predicted octanol–water partition coefficient (Wildman–Crippen LogP) is 14.4. The van der Waals surface area contributed by atoms with Crippen LogP contribution in [0.5, 0.6) is 0 Å². The Kier molecular flexibility index (Phi) is 11.5. The molecule has 0 spiro atoms. The van der Waals surface area contributed by atoms with Gasteiger partial charge >= 0.3 is 0 Å². The summed E-state index contributed by atoms with van der Waals surface area (Å²) in [5, 5.41) is 0.194. The average molecular weight is 766 g/mol. The Morgan fingerprint density at radius 1 is 0.311 bits per heavy atom. The van der Waals surface area contributed by atoms with Gasteiger partial charge in [0.25, 0.3) is 0 Å². The van der Waals surface area contributed by atoms with E-state index in [-0.39, 0.29) is 5.34 Å². The van der Waals surface area contributed by atoms with Gasteiger partial charge in [0.15, 0.2) is 0 Å². The lowest BCUT2D eigenvalue weighted by Gasteiger charge is -2.20.